The lowest BCUT2D eigenvalue weighted by atomic mass is 10.1. The molecular weight excluding hydrogens is 283 g/mol. The van der Waals surface area contributed by atoms with Crippen molar-refractivity contribution in [3.8, 4) is 0 Å². The lowest BCUT2D eigenvalue weighted by Gasteiger charge is -2.09. The van der Waals surface area contributed by atoms with Crippen LogP contribution in [0.2, 0.25) is 0 Å². The molecule has 1 aliphatic carbocycles. The summed E-state index contributed by atoms with van der Waals surface area (Å²) in [5.41, 5.74) is 0.766. The molecule has 0 spiro atoms. The highest BCUT2D eigenvalue weighted by molar-refractivity contribution is 6.36. The third-order valence-corrected chi connectivity index (χ3v) is 3.41. The molecule has 0 unspecified atom stereocenters. The summed E-state index contributed by atoms with van der Waals surface area (Å²) in [7, 11) is 0. The van der Waals surface area contributed by atoms with Crippen molar-refractivity contribution in [3.63, 3.8) is 0 Å². The normalized spacial score (nSPS) is 13.8. The van der Waals surface area contributed by atoms with Gasteiger partial charge >= 0.3 is 0 Å². The van der Waals surface area contributed by atoms with E-state index in [1.807, 2.05) is 0 Å². The highest BCUT2D eigenvalue weighted by Gasteiger charge is 2.27. The maximum Gasteiger partial charge on any atom is 0.196 e. The van der Waals surface area contributed by atoms with Crippen LogP contribution in [0.25, 0.3) is 11.8 Å². The number of carbonyl (C=O) groups excluding carboxylic acids is 2. The molecule has 1 aliphatic rings. The van der Waals surface area contributed by atoms with Crippen molar-refractivity contribution in [2.24, 2.45) is 0 Å². The first-order chi connectivity index (χ1) is 10.6. The minimum absolute atomic E-state index is 0.256. The van der Waals surface area contributed by atoms with Crippen LogP contribution in [-0.4, -0.2) is 11.6 Å². The zero-order valence-corrected chi connectivity index (χ0v) is 11.4. The molecule has 0 radical (unpaired) electrons. The Morgan fingerprint density at radius 3 is 2.27 bits per heavy atom. The molecule has 0 aromatic heterocycles. The second-order valence-electron chi connectivity index (χ2n) is 4.83. The minimum Gasteiger partial charge on any atom is -0.871 e. The molecule has 3 nitrogen and oxygen atoms in total. The van der Waals surface area contributed by atoms with Crippen molar-refractivity contribution >= 4 is 23.4 Å². The van der Waals surface area contributed by atoms with Gasteiger partial charge in [0.05, 0.1) is 5.57 Å². The maximum atomic E-state index is 12.8. The molecule has 0 aliphatic heterocycles. The molecule has 0 saturated heterocycles. The topological polar surface area (TPSA) is 57.2 Å². The van der Waals surface area contributed by atoms with Crippen molar-refractivity contribution < 1.29 is 19.1 Å². The monoisotopic (exact) mass is 293 g/mol. The Morgan fingerprint density at radius 2 is 1.64 bits per heavy atom. The number of hydrogen-bond acceptors (Lipinski definition) is 3. The third-order valence-electron chi connectivity index (χ3n) is 3.41. The number of fused-ring (bicyclic) bond motifs is 1. The summed E-state index contributed by atoms with van der Waals surface area (Å²) in [6, 6.07) is 11.9. The van der Waals surface area contributed by atoms with Crippen LogP contribution in [-0.2, 0) is 4.79 Å². The Morgan fingerprint density at radius 1 is 1.00 bits per heavy atom. The van der Waals surface area contributed by atoms with E-state index in [4.69, 9.17) is 0 Å². The highest BCUT2D eigenvalue weighted by Crippen LogP contribution is 2.29. The number of carbonyl (C=O) groups is 2. The summed E-state index contributed by atoms with van der Waals surface area (Å²) in [5, 5.41) is 12.1. The second kappa shape index (κ2) is 5.41. The summed E-state index contributed by atoms with van der Waals surface area (Å²) >= 11 is 0. The van der Waals surface area contributed by atoms with Crippen LogP contribution >= 0.6 is 0 Å². The number of rotatable bonds is 3. The lowest BCUT2D eigenvalue weighted by molar-refractivity contribution is -0.244. The van der Waals surface area contributed by atoms with Gasteiger partial charge in [0.25, 0.3) is 0 Å². The number of benzene rings is 2. The molecule has 22 heavy (non-hydrogen) atoms. The molecule has 2 aromatic carbocycles. The van der Waals surface area contributed by atoms with Crippen LogP contribution in [0.4, 0.5) is 4.39 Å². The van der Waals surface area contributed by atoms with Crippen molar-refractivity contribution in [2.45, 2.75) is 0 Å². The molecule has 0 N–H and O–H groups in total. The predicted molar refractivity (Wildman–Crippen MR) is 78.1 cm³/mol. The van der Waals surface area contributed by atoms with Gasteiger partial charge in [-0.1, -0.05) is 48.2 Å². The second-order valence-corrected chi connectivity index (χ2v) is 4.83. The Kier molecular flexibility index (Phi) is 3.43. The molecule has 108 valence electrons. The van der Waals surface area contributed by atoms with E-state index >= 15 is 0 Å². The fourth-order valence-electron chi connectivity index (χ4n) is 2.30. The van der Waals surface area contributed by atoms with Gasteiger partial charge in [0.1, 0.15) is 5.82 Å². The molecular formula is C18H10FO3-. The average Bonchev–Trinajstić information content (AvgIpc) is 2.79. The fourth-order valence-corrected chi connectivity index (χ4v) is 2.30. The van der Waals surface area contributed by atoms with E-state index < -0.39 is 17.3 Å². The summed E-state index contributed by atoms with van der Waals surface area (Å²) in [5.74, 6) is -2.12. The van der Waals surface area contributed by atoms with Crippen LogP contribution in [0, 0.1) is 5.82 Å². The van der Waals surface area contributed by atoms with Gasteiger partial charge in [-0.2, -0.15) is 0 Å². The Hall–Kier alpha value is -3.01. The van der Waals surface area contributed by atoms with Crippen LogP contribution in [0.5, 0.6) is 0 Å². The van der Waals surface area contributed by atoms with Gasteiger partial charge in [-0.3, -0.25) is 9.59 Å². The summed E-state index contributed by atoms with van der Waals surface area (Å²) in [6.45, 7) is 0. The van der Waals surface area contributed by atoms with E-state index in [2.05, 4.69) is 0 Å². The third kappa shape index (κ3) is 2.35. The molecule has 4 heteroatoms. The van der Waals surface area contributed by atoms with Crippen molar-refractivity contribution in [1.82, 2.24) is 0 Å². The van der Waals surface area contributed by atoms with Gasteiger partial charge in [0, 0.05) is 5.56 Å². The van der Waals surface area contributed by atoms with E-state index in [1.165, 1.54) is 42.5 Å². The van der Waals surface area contributed by atoms with Crippen molar-refractivity contribution in [1.29, 1.82) is 0 Å². The van der Waals surface area contributed by atoms with Crippen LogP contribution < -0.4 is 5.11 Å². The molecule has 0 fully saturated rings. The number of halogens is 1. The Balaban J connectivity index is 1.89. The van der Waals surface area contributed by atoms with Gasteiger partial charge in [0.15, 0.2) is 11.6 Å². The number of Topliss-reactive ketones (excluding diaryl/α,β-unsaturated/α-hetero) is 1. The molecule has 0 heterocycles. The van der Waals surface area contributed by atoms with E-state index in [0.717, 1.165) is 6.08 Å². The first-order valence-corrected chi connectivity index (χ1v) is 6.61. The molecule has 0 bridgehead atoms. The minimum atomic E-state index is -0.643. The molecule has 0 atom stereocenters. The van der Waals surface area contributed by atoms with Gasteiger partial charge in [-0.15, -0.1) is 0 Å². The molecule has 3 rings (SSSR count). The number of ketones is 2. The number of allylic oxidation sites excluding steroid dienone is 2. The Labute approximate surface area is 126 Å². The zero-order valence-electron chi connectivity index (χ0n) is 11.4. The zero-order chi connectivity index (χ0) is 15.7. The summed E-state index contributed by atoms with van der Waals surface area (Å²) in [4.78, 5) is 24.3. The van der Waals surface area contributed by atoms with Crippen LogP contribution in [0.1, 0.15) is 21.5 Å². The van der Waals surface area contributed by atoms with E-state index in [0.29, 0.717) is 5.56 Å². The highest BCUT2D eigenvalue weighted by atomic mass is 19.1. The largest absolute Gasteiger partial charge is 0.871 e. The van der Waals surface area contributed by atoms with Gasteiger partial charge in [0.2, 0.25) is 0 Å². The van der Waals surface area contributed by atoms with Gasteiger partial charge in [-0.25, -0.2) is 4.39 Å². The van der Waals surface area contributed by atoms with Gasteiger partial charge < -0.3 is 5.11 Å². The predicted octanol–water partition coefficient (Wildman–Crippen LogP) is 2.38. The molecule has 0 amide bonds. The van der Waals surface area contributed by atoms with E-state index in [1.54, 1.807) is 12.1 Å². The number of hydrogen-bond donors (Lipinski definition) is 0. The first-order valence-electron chi connectivity index (χ1n) is 6.61. The maximum absolute atomic E-state index is 12.8. The smallest absolute Gasteiger partial charge is 0.196 e. The van der Waals surface area contributed by atoms with Crippen LogP contribution in [0.3, 0.4) is 0 Å². The Bertz CT molecular complexity index is 830. The molecule has 2 aromatic rings. The molecule has 0 saturated carbocycles. The SMILES string of the molecule is O=C(/C=C/c1ccc(F)cc1)C1=C([O-])c2ccccc2C1=O. The van der Waals surface area contributed by atoms with Crippen molar-refractivity contribution in [3.05, 3.63) is 82.7 Å². The quantitative estimate of drug-likeness (QED) is 0.645. The standard InChI is InChI=1S/C18H11FO3/c19-12-8-5-11(6-9-12)7-10-15(20)16-17(21)13-3-1-2-4-14(13)18(16)22/h1-10,21H/p-1/b10-7+. The first kappa shape index (κ1) is 13.9. The van der Waals surface area contributed by atoms with E-state index in [9.17, 15) is 19.1 Å². The van der Waals surface area contributed by atoms with Crippen molar-refractivity contribution in [2.75, 3.05) is 0 Å². The lowest BCUT2D eigenvalue weighted by Crippen LogP contribution is -2.11. The summed E-state index contributed by atoms with van der Waals surface area (Å²) in [6.07, 6.45) is 2.60. The fraction of sp³-hybridized carbons (Fsp3) is 0. The summed E-state index contributed by atoms with van der Waals surface area (Å²) < 4.78 is 12.8. The van der Waals surface area contributed by atoms with Crippen LogP contribution in [0.15, 0.2) is 60.2 Å². The van der Waals surface area contributed by atoms with E-state index in [-0.39, 0.29) is 22.5 Å². The average molecular weight is 293 g/mol. The van der Waals surface area contributed by atoms with Gasteiger partial charge in [-0.05, 0) is 29.3 Å².